The Bertz CT molecular complexity index is 1230. The maximum absolute atomic E-state index is 13.3. The van der Waals surface area contributed by atoms with E-state index in [1.54, 1.807) is 45.9 Å². The number of aromatic nitrogens is 3. The van der Waals surface area contributed by atoms with Gasteiger partial charge < -0.3 is 15.2 Å². The first kappa shape index (κ1) is 21.9. The Labute approximate surface area is 188 Å². The van der Waals surface area contributed by atoms with Crippen molar-refractivity contribution in [3.8, 4) is 11.5 Å². The second-order valence-corrected chi connectivity index (χ2v) is 7.27. The second kappa shape index (κ2) is 9.90. The van der Waals surface area contributed by atoms with Crippen LogP contribution in [0.1, 0.15) is 15.9 Å². The molecule has 0 aliphatic carbocycles. The lowest BCUT2D eigenvalue weighted by atomic mass is 10.1. The van der Waals surface area contributed by atoms with E-state index in [1.807, 2.05) is 12.1 Å². The third-order valence-electron chi connectivity index (χ3n) is 4.92. The minimum Gasteiger partial charge on any atom is -0.354 e. The molecule has 0 radical (unpaired) electrons. The molecule has 2 heterocycles. The normalized spacial score (nSPS) is 10.7. The van der Waals surface area contributed by atoms with Crippen LogP contribution in [0.15, 0.2) is 79.3 Å². The Hall–Kier alpha value is -4.27. The van der Waals surface area contributed by atoms with E-state index < -0.39 is 0 Å². The van der Waals surface area contributed by atoms with Gasteiger partial charge in [-0.3, -0.25) is 9.59 Å². The summed E-state index contributed by atoms with van der Waals surface area (Å²) in [6, 6.07) is 15.2. The topological polar surface area (TPSA) is 81.0 Å². The van der Waals surface area contributed by atoms with Gasteiger partial charge in [-0.25, -0.2) is 13.5 Å². The number of amides is 2. The maximum Gasteiger partial charge on any atom is 0.256 e. The van der Waals surface area contributed by atoms with Crippen LogP contribution in [-0.2, 0) is 11.2 Å². The molecular formula is C24H21F2N5O2. The van der Waals surface area contributed by atoms with Crippen molar-refractivity contribution < 1.29 is 18.4 Å². The SMILES string of the molecule is O=C(Cc1ccc(F)cc1)NCCNC(=O)c1cnn(-c2ccc(F)cc2)c1-n1cccc1. The predicted octanol–water partition coefficient (Wildman–Crippen LogP) is 3.03. The number of hydrogen-bond donors (Lipinski definition) is 2. The minimum absolute atomic E-state index is 0.121. The largest absolute Gasteiger partial charge is 0.354 e. The number of benzene rings is 2. The molecule has 0 aliphatic rings. The molecule has 0 spiro atoms. The fourth-order valence-electron chi connectivity index (χ4n) is 3.32. The van der Waals surface area contributed by atoms with Crippen LogP contribution in [0.3, 0.4) is 0 Å². The number of halogens is 2. The van der Waals surface area contributed by atoms with Crippen molar-refractivity contribution in [1.82, 2.24) is 25.0 Å². The molecule has 33 heavy (non-hydrogen) atoms. The number of nitrogens with zero attached hydrogens (tertiary/aromatic N) is 3. The molecule has 9 heteroatoms. The summed E-state index contributed by atoms with van der Waals surface area (Å²) in [5.41, 5.74) is 1.63. The highest BCUT2D eigenvalue weighted by molar-refractivity contribution is 5.97. The molecule has 168 valence electrons. The van der Waals surface area contributed by atoms with Gasteiger partial charge >= 0.3 is 0 Å². The standard InChI is InChI=1S/C24H21F2N5O2/c25-18-5-3-17(4-6-18)15-22(32)27-11-12-28-23(33)21-16-29-31(20-9-7-19(26)8-10-20)24(21)30-13-1-2-14-30/h1-10,13-14,16H,11-12,15H2,(H,27,32)(H,28,33). The quantitative estimate of drug-likeness (QED) is 0.406. The molecule has 0 unspecified atom stereocenters. The maximum atomic E-state index is 13.3. The zero-order valence-electron chi connectivity index (χ0n) is 17.5. The van der Waals surface area contributed by atoms with Gasteiger partial charge in [0.1, 0.15) is 17.2 Å². The smallest absolute Gasteiger partial charge is 0.256 e. The van der Waals surface area contributed by atoms with Gasteiger partial charge in [-0.05, 0) is 54.1 Å². The van der Waals surface area contributed by atoms with Crippen molar-refractivity contribution in [2.45, 2.75) is 6.42 Å². The Morgan fingerprint density at radius 1 is 0.848 bits per heavy atom. The second-order valence-electron chi connectivity index (χ2n) is 7.27. The van der Waals surface area contributed by atoms with E-state index in [2.05, 4.69) is 15.7 Å². The van der Waals surface area contributed by atoms with Gasteiger partial charge in [-0.15, -0.1) is 0 Å². The monoisotopic (exact) mass is 449 g/mol. The summed E-state index contributed by atoms with van der Waals surface area (Å²) in [4.78, 5) is 24.9. The predicted molar refractivity (Wildman–Crippen MR) is 118 cm³/mol. The van der Waals surface area contributed by atoms with Crippen LogP contribution in [0.4, 0.5) is 8.78 Å². The van der Waals surface area contributed by atoms with Gasteiger partial charge in [0, 0.05) is 25.5 Å². The molecule has 2 N–H and O–H groups in total. The van der Waals surface area contributed by atoms with Crippen LogP contribution in [0.5, 0.6) is 0 Å². The van der Waals surface area contributed by atoms with Gasteiger partial charge in [0.25, 0.3) is 5.91 Å². The highest BCUT2D eigenvalue weighted by Gasteiger charge is 2.19. The number of rotatable bonds is 8. The van der Waals surface area contributed by atoms with E-state index in [0.29, 0.717) is 22.6 Å². The van der Waals surface area contributed by atoms with Crippen molar-refractivity contribution in [2.24, 2.45) is 0 Å². The van der Waals surface area contributed by atoms with Crippen molar-refractivity contribution in [3.05, 3.63) is 102 Å². The summed E-state index contributed by atoms with van der Waals surface area (Å²) >= 11 is 0. The zero-order valence-corrected chi connectivity index (χ0v) is 17.5. The molecule has 2 aromatic carbocycles. The van der Waals surface area contributed by atoms with Crippen LogP contribution in [0.25, 0.3) is 11.5 Å². The first-order chi connectivity index (χ1) is 16.0. The Morgan fingerprint density at radius 2 is 1.45 bits per heavy atom. The van der Waals surface area contributed by atoms with E-state index in [0.717, 1.165) is 0 Å². The molecular weight excluding hydrogens is 428 g/mol. The van der Waals surface area contributed by atoms with Crippen LogP contribution in [0.2, 0.25) is 0 Å². The molecule has 4 rings (SSSR count). The van der Waals surface area contributed by atoms with Gasteiger partial charge in [0.05, 0.1) is 18.3 Å². The van der Waals surface area contributed by atoms with E-state index in [-0.39, 0.29) is 43.0 Å². The fourth-order valence-corrected chi connectivity index (χ4v) is 3.32. The molecule has 0 bridgehead atoms. The van der Waals surface area contributed by atoms with E-state index in [9.17, 15) is 18.4 Å². The third-order valence-corrected chi connectivity index (χ3v) is 4.92. The fraction of sp³-hybridized carbons (Fsp3) is 0.125. The molecule has 2 aromatic heterocycles. The molecule has 7 nitrogen and oxygen atoms in total. The zero-order chi connectivity index (χ0) is 23.2. The summed E-state index contributed by atoms with van der Waals surface area (Å²) in [7, 11) is 0. The molecule has 2 amide bonds. The summed E-state index contributed by atoms with van der Waals surface area (Å²) in [6.07, 6.45) is 5.13. The average Bonchev–Trinajstić information content (AvgIpc) is 3.48. The molecule has 4 aromatic rings. The summed E-state index contributed by atoms with van der Waals surface area (Å²) in [6.45, 7) is 0.442. The molecule has 0 atom stereocenters. The van der Waals surface area contributed by atoms with Crippen LogP contribution >= 0.6 is 0 Å². The average molecular weight is 449 g/mol. The molecule has 0 fully saturated rings. The van der Waals surface area contributed by atoms with Crippen molar-refractivity contribution >= 4 is 11.8 Å². The number of nitrogens with one attached hydrogen (secondary N) is 2. The van der Waals surface area contributed by atoms with E-state index in [1.165, 1.54) is 30.5 Å². The Morgan fingerprint density at radius 3 is 2.12 bits per heavy atom. The minimum atomic E-state index is -0.368. The number of hydrogen-bond acceptors (Lipinski definition) is 3. The molecule has 0 saturated heterocycles. The van der Waals surface area contributed by atoms with Crippen LogP contribution < -0.4 is 10.6 Å². The molecule has 0 aliphatic heterocycles. The Kier molecular flexibility index (Phi) is 6.58. The first-order valence-corrected chi connectivity index (χ1v) is 10.3. The van der Waals surface area contributed by atoms with E-state index >= 15 is 0 Å². The molecule has 0 saturated carbocycles. The van der Waals surface area contributed by atoms with Gasteiger partial charge in [-0.2, -0.15) is 5.10 Å². The first-order valence-electron chi connectivity index (χ1n) is 10.3. The lowest BCUT2D eigenvalue weighted by Gasteiger charge is -2.11. The van der Waals surface area contributed by atoms with E-state index in [4.69, 9.17) is 0 Å². The van der Waals surface area contributed by atoms with Crippen LogP contribution in [0, 0.1) is 11.6 Å². The van der Waals surface area contributed by atoms with Crippen molar-refractivity contribution in [1.29, 1.82) is 0 Å². The van der Waals surface area contributed by atoms with Crippen LogP contribution in [-0.4, -0.2) is 39.3 Å². The van der Waals surface area contributed by atoms with Gasteiger partial charge in [0.15, 0.2) is 5.82 Å². The summed E-state index contributed by atoms with van der Waals surface area (Å²) < 4.78 is 29.6. The highest BCUT2D eigenvalue weighted by Crippen LogP contribution is 2.20. The summed E-state index contributed by atoms with van der Waals surface area (Å²) in [5.74, 6) is -0.811. The lowest BCUT2D eigenvalue weighted by Crippen LogP contribution is -2.35. The van der Waals surface area contributed by atoms with Gasteiger partial charge in [0.2, 0.25) is 5.91 Å². The van der Waals surface area contributed by atoms with Crippen molar-refractivity contribution in [2.75, 3.05) is 13.1 Å². The number of carbonyl (C=O) groups is 2. The van der Waals surface area contributed by atoms with Crippen molar-refractivity contribution in [3.63, 3.8) is 0 Å². The lowest BCUT2D eigenvalue weighted by molar-refractivity contribution is -0.120. The van der Waals surface area contributed by atoms with Gasteiger partial charge in [-0.1, -0.05) is 12.1 Å². The third kappa shape index (κ3) is 5.32. The Balaban J connectivity index is 1.39. The number of carbonyl (C=O) groups excluding carboxylic acids is 2. The highest BCUT2D eigenvalue weighted by atomic mass is 19.1. The summed E-state index contributed by atoms with van der Waals surface area (Å²) in [5, 5.41) is 9.81.